The van der Waals surface area contributed by atoms with Gasteiger partial charge >= 0.3 is 0 Å². The number of hydrogen-bond donors (Lipinski definition) is 1. The molecule has 1 amide bonds. The zero-order valence-corrected chi connectivity index (χ0v) is 18.4. The summed E-state index contributed by atoms with van der Waals surface area (Å²) in [4.78, 5) is 17.5. The SMILES string of the molecule is Cc1cc(C(=O)NCc2cn(Cc3ccccc3)nc2-c2ccccc2)c2c(C)noc2n1. The molecule has 0 aliphatic heterocycles. The second-order valence-electron chi connectivity index (χ2n) is 7.99. The Kier molecular flexibility index (Phi) is 5.44. The van der Waals surface area contributed by atoms with E-state index in [2.05, 4.69) is 27.6 Å². The van der Waals surface area contributed by atoms with Crippen LogP contribution >= 0.6 is 0 Å². The molecule has 7 nitrogen and oxygen atoms in total. The van der Waals surface area contributed by atoms with Crippen molar-refractivity contribution in [3.05, 3.63) is 101 Å². The Bertz CT molecular complexity index is 1420. The van der Waals surface area contributed by atoms with Crippen LogP contribution in [0.2, 0.25) is 0 Å². The van der Waals surface area contributed by atoms with Crippen molar-refractivity contribution in [1.29, 1.82) is 0 Å². The number of rotatable bonds is 6. The normalized spacial score (nSPS) is 11.1. The highest BCUT2D eigenvalue weighted by molar-refractivity contribution is 6.06. The highest BCUT2D eigenvalue weighted by Crippen LogP contribution is 2.24. The predicted octanol–water partition coefficient (Wildman–Crippen LogP) is 4.68. The number of amides is 1. The molecule has 0 aliphatic carbocycles. The number of hydrogen-bond acceptors (Lipinski definition) is 5. The molecule has 0 saturated heterocycles. The minimum atomic E-state index is -0.202. The van der Waals surface area contributed by atoms with Crippen LogP contribution in [0.25, 0.3) is 22.4 Å². The van der Waals surface area contributed by atoms with Crippen molar-refractivity contribution >= 4 is 17.0 Å². The Hall–Kier alpha value is -4.26. The second-order valence-corrected chi connectivity index (χ2v) is 7.99. The van der Waals surface area contributed by atoms with Crippen molar-refractivity contribution in [1.82, 2.24) is 25.2 Å². The van der Waals surface area contributed by atoms with Gasteiger partial charge in [0, 0.05) is 29.6 Å². The predicted molar refractivity (Wildman–Crippen MR) is 126 cm³/mol. The van der Waals surface area contributed by atoms with Crippen molar-refractivity contribution in [2.75, 3.05) is 0 Å². The Morgan fingerprint density at radius 2 is 1.76 bits per heavy atom. The molecule has 33 heavy (non-hydrogen) atoms. The lowest BCUT2D eigenvalue weighted by Gasteiger charge is -2.07. The zero-order chi connectivity index (χ0) is 22.8. The van der Waals surface area contributed by atoms with E-state index < -0.39 is 0 Å². The number of nitrogens with zero attached hydrogens (tertiary/aromatic N) is 4. The van der Waals surface area contributed by atoms with Gasteiger partial charge in [0.2, 0.25) is 0 Å². The van der Waals surface area contributed by atoms with Gasteiger partial charge in [-0.25, -0.2) is 4.98 Å². The second kappa shape index (κ2) is 8.70. The van der Waals surface area contributed by atoms with Gasteiger partial charge in [-0.3, -0.25) is 9.48 Å². The van der Waals surface area contributed by atoms with Crippen molar-refractivity contribution in [2.24, 2.45) is 0 Å². The summed E-state index contributed by atoms with van der Waals surface area (Å²) in [6, 6.07) is 21.9. The fourth-order valence-corrected chi connectivity index (χ4v) is 3.95. The van der Waals surface area contributed by atoms with Crippen molar-refractivity contribution in [3.63, 3.8) is 0 Å². The summed E-state index contributed by atoms with van der Waals surface area (Å²) in [5, 5.41) is 12.5. The first-order valence-electron chi connectivity index (χ1n) is 10.8. The third-order valence-electron chi connectivity index (χ3n) is 5.50. The summed E-state index contributed by atoms with van der Waals surface area (Å²) in [5.41, 5.74) is 6.18. The van der Waals surface area contributed by atoms with Gasteiger partial charge in [-0.15, -0.1) is 0 Å². The monoisotopic (exact) mass is 437 g/mol. The van der Waals surface area contributed by atoms with Crippen LogP contribution < -0.4 is 5.32 Å². The molecule has 3 aromatic heterocycles. The summed E-state index contributed by atoms with van der Waals surface area (Å²) >= 11 is 0. The topological polar surface area (TPSA) is 85.8 Å². The molecule has 1 N–H and O–H groups in total. The molecule has 0 saturated carbocycles. The molecule has 0 spiro atoms. The summed E-state index contributed by atoms with van der Waals surface area (Å²) in [5.74, 6) is -0.202. The molecule has 3 heterocycles. The number of carbonyl (C=O) groups excluding carboxylic acids is 1. The highest BCUT2D eigenvalue weighted by atomic mass is 16.5. The smallest absolute Gasteiger partial charge is 0.258 e. The zero-order valence-electron chi connectivity index (χ0n) is 18.4. The number of aromatic nitrogens is 4. The van der Waals surface area contributed by atoms with Gasteiger partial charge in [-0.2, -0.15) is 5.10 Å². The van der Waals surface area contributed by atoms with E-state index in [0.717, 1.165) is 22.4 Å². The third-order valence-corrected chi connectivity index (χ3v) is 5.50. The van der Waals surface area contributed by atoms with Crippen LogP contribution in [0, 0.1) is 13.8 Å². The molecular weight excluding hydrogens is 414 g/mol. The number of benzene rings is 2. The fraction of sp³-hybridized carbons (Fsp3) is 0.154. The Morgan fingerprint density at radius 1 is 1.03 bits per heavy atom. The number of aryl methyl sites for hydroxylation is 2. The van der Waals surface area contributed by atoms with Crippen molar-refractivity contribution in [2.45, 2.75) is 26.9 Å². The number of fused-ring (bicyclic) bond motifs is 1. The Balaban J connectivity index is 1.44. The van der Waals surface area contributed by atoms with Crippen molar-refractivity contribution in [3.8, 4) is 11.3 Å². The number of nitrogens with one attached hydrogen (secondary N) is 1. The summed E-state index contributed by atoms with van der Waals surface area (Å²) < 4.78 is 7.18. The van der Waals surface area contributed by atoms with Gasteiger partial charge in [-0.05, 0) is 25.5 Å². The quantitative estimate of drug-likeness (QED) is 0.417. The van der Waals surface area contributed by atoms with E-state index in [1.807, 2.05) is 66.3 Å². The lowest BCUT2D eigenvalue weighted by Crippen LogP contribution is -2.23. The first-order chi connectivity index (χ1) is 16.1. The summed E-state index contributed by atoms with van der Waals surface area (Å²) in [7, 11) is 0. The first kappa shape index (κ1) is 20.6. The number of pyridine rings is 1. The van der Waals surface area contributed by atoms with E-state index in [0.29, 0.717) is 41.1 Å². The standard InChI is InChI=1S/C26H23N5O2/c1-17-13-22(23-18(2)30-33-26(23)28-17)25(32)27-14-21-16-31(15-19-9-5-3-6-10-19)29-24(21)20-11-7-4-8-12-20/h3-13,16H,14-15H2,1-2H3,(H,27,32). The maximum absolute atomic E-state index is 13.1. The molecule has 7 heteroatoms. The maximum Gasteiger partial charge on any atom is 0.258 e. The van der Waals surface area contributed by atoms with Gasteiger partial charge < -0.3 is 9.84 Å². The molecular formula is C26H23N5O2. The van der Waals surface area contributed by atoms with Gasteiger partial charge in [-0.1, -0.05) is 65.8 Å². The summed E-state index contributed by atoms with van der Waals surface area (Å²) in [6.07, 6.45) is 1.99. The minimum absolute atomic E-state index is 0.202. The van der Waals surface area contributed by atoms with Crippen LogP contribution in [0.4, 0.5) is 0 Å². The average Bonchev–Trinajstić information content (AvgIpc) is 3.41. The lowest BCUT2D eigenvalue weighted by atomic mass is 10.1. The van der Waals surface area contributed by atoms with Crippen LogP contribution in [0.1, 0.15) is 32.9 Å². The highest BCUT2D eigenvalue weighted by Gasteiger charge is 2.19. The molecule has 5 aromatic rings. The first-order valence-corrected chi connectivity index (χ1v) is 10.8. The lowest BCUT2D eigenvalue weighted by molar-refractivity contribution is 0.0952. The molecule has 164 valence electrons. The van der Waals surface area contributed by atoms with Crippen LogP contribution in [0.15, 0.2) is 77.4 Å². The van der Waals surface area contributed by atoms with Crippen LogP contribution in [-0.4, -0.2) is 25.8 Å². The van der Waals surface area contributed by atoms with Crippen molar-refractivity contribution < 1.29 is 9.32 Å². The Morgan fingerprint density at radius 3 is 2.52 bits per heavy atom. The van der Waals surface area contributed by atoms with E-state index in [-0.39, 0.29) is 5.91 Å². The fourth-order valence-electron chi connectivity index (χ4n) is 3.95. The molecule has 0 unspecified atom stereocenters. The minimum Gasteiger partial charge on any atom is -0.348 e. The third kappa shape index (κ3) is 4.25. The molecule has 0 fully saturated rings. The van der Waals surface area contributed by atoms with Crippen LogP contribution in [0.5, 0.6) is 0 Å². The molecule has 0 radical (unpaired) electrons. The van der Waals surface area contributed by atoms with Crippen LogP contribution in [0.3, 0.4) is 0 Å². The van der Waals surface area contributed by atoms with Gasteiger partial charge in [0.15, 0.2) is 0 Å². The van der Waals surface area contributed by atoms with E-state index >= 15 is 0 Å². The maximum atomic E-state index is 13.1. The summed E-state index contributed by atoms with van der Waals surface area (Å²) in [6.45, 7) is 4.62. The largest absolute Gasteiger partial charge is 0.348 e. The van der Waals surface area contributed by atoms with E-state index in [1.165, 1.54) is 0 Å². The van der Waals surface area contributed by atoms with Gasteiger partial charge in [0.05, 0.1) is 28.9 Å². The molecule has 5 rings (SSSR count). The average molecular weight is 438 g/mol. The molecule has 0 bridgehead atoms. The van der Waals surface area contributed by atoms with Gasteiger partial charge in [0.25, 0.3) is 11.6 Å². The van der Waals surface area contributed by atoms with E-state index in [4.69, 9.17) is 9.62 Å². The Labute approximate surface area is 191 Å². The molecule has 2 aromatic carbocycles. The molecule has 0 aliphatic rings. The van der Waals surface area contributed by atoms with Crippen LogP contribution in [-0.2, 0) is 13.1 Å². The van der Waals surface area contributed by atoms with Gasteiger partial charge in [0.1, 0.15) is 0 Å². The number of carbonyl (C=O) groups is 1. The van der Waals surface area contributed by atoms with E-state index in [1.54, 1.807) is 13.0 Å². The molecule has 0 atom stereocenters. The van der Waals surface area contributed by atoms with E-state index in [9.17, 15) is 4.79 Å².